The quantitative estimate of drug-likeness (QED) is 0.231. The number of benzene rings is 2. The van der Waals surface area contributed by atoms with Crippen molar-refractivity contribution >= 4 is 68.8 Å². The predicted octanol–water partition coefficient (Wildman–Crippen LogP) is 7.22. The molecule has 6 nitrogen and oxygen atoms in total. The van der Waals surface area contributed by atoms with Crippen LogP contribution in [-0.4, -0.2) is 28.3 Å². The van der Waals surface area contributed by atoms with Crippen molar-refractivity contribution in [1.29, 1.82) is 5.26 Å². The Kier molecular flexibility index (Phi) is 7.57. The van der Waals surface area contributed by atoms with Crippen LogP contribution in [0, 0.1) is 18.3 Å². The average Bonchev–Trinajstić information content (AvgIpc) is 3.34. The Morgan fingerprint density at radius 1 is 1.16 bits per heavy atom. The molecule has 190 valence electrons. The van der Waals surface area contributed by atoms with Crippen LogP contribution < -0.4 is 0 Å². The number of carbonyl (C=O) groups excluding carboxylic acids is 2. The van der Waals surface area contributed by atoms with E-state index in [-0.39, 0.29) is 0 Å². The second-order valence-electron chi connectivity index (χ2n) is 8.96. The smallest absolute Gasteiger partial charge is 0.339 e. The molecule has 4 aromatic rings. The third kappa shape index (κ3) is 5.21. The van der Waals surface area contributed by atoms with Gasteiger partial charge in [-0.2, -0.15) is 5.26 Å². The summed E-state index contributed by atoms with van der Waals surface area (Å²) in [7, 11) is 0. The maximum absolute atomic E-state index is 13.5. The summed E-state index contributed by atoms with van der Waals surface area (Å²) in [5.74, 6) is -2.20. The van der Waals surface area contributed by atoms with Crippen molar-refractivity contribution in [1.82, 2.24) is 9.97 Å². The highest BCUT2D eigenvalue weighted by atomic mass is 35.5. The molecule has 0 bridgehead atoms. The molecule has 1 unspecified atom stereocenters. The highest BCUT2D eigenvalue weighted by Crippen LogP contribution is 2.37. The molecular weight excluding hydrogens is 541 g/mol. The first-order valence-corrected chi connectivity index (χ1v) is 13.6. The average molecular weight is 562 g/mol. The number of nitriles is 1. The number of esters is 1. The van der Waals surface area contributed by atoms with E-state index < -0.39 is 24.3 Å². The number of para-hydroxylation sites is 1. The molecule has 0 saturated carbocycles. The van der Waals surface area contributed by atoms with Crippen LogP contribution in [0.1, 0.15) is 56.6 Å². The van der Waals surface area contributed by atoms with Gasteiger partial charge in [-0.3, -0.25) is 4.79 Å². The van der Waals surface area contributed by atoms with Gasteiger partial charge in [0.25, 0.3) is 0 Å². The molecule has 0 N–H and O–H groups in total. The molecule has 38 heavy (non-hydrogen) atoms. The Hall–Kier alpha value is -3.57. The first-order chi connectivity index (χ1) is 18.4. The number of carbonyl (C=O) groups is 2. The minimum absolute atomic E-state index is 0.398. The van der Waals surface area contributed by atoms with Gasteiger partial charge in [-0.1, -0.05) is 47.5 Å². The van der Waals surface area contributed by atoms with Gasteiger partial charge in [0.1, 0.15) is 5.01 Å². The van der Waals surface area contributed by atoms with Crippen LogP contribution in [0.25, 0.3) is 22.6 Å². The molecule has 0 fully saturated rings. The van der Waals surface area contributed by atoms with Crippen LogP contribution in [0.3, 0.4) is 0 Å². The Morgan fingerprint density at radius 3 is 2.71 bits per heavy atom. The lowest BCUT2D eigenvalue weighted by molar-refractivity contribution is -0.122. The van der Waals surface area contributed by atoms with E-state index >= 15 is 0 Å². The largest absolute Gasteiger partial charge is 0.454 e. The summed E-state index contributed by atoms with van der Waals surface area (Å²) in [4.78, 5) is 35.4. The normalized spacial score (nSPS) is 14.6. The molecule has 1 aliphatic carbocycles. The highest BCUT2D eigenvalue weighted by Gasteiger charge is 2.28. The topological polar surface area (TPSA) is 92.9 Å². The summed E-state index contributed by atoms with van der Waals surface area (Å²) in [5, 5.41) is 13.3. The van der Waals surface area contributed by atoms with E-state index in [1.807, 2.05) is 42.5 Å². The number of fused-ring (bicyclic) bond motifs is 2. The first kappa shape index (κ1) is 26.1. The van der Waals surface area contributed by atoms with E-state index in [1.165, 1.54) is 11.3 Å². The zero-order valence-corrected chi connectivity index (χ0v) is 22.7. The summed E-state index contributed by atoms with van der Waals surface area (Å²) in [6, 6.07) is 14.8. The van der Waals surface area contributed by atoms with Crippen molar-refractivity contribution in [3.8, 4) is 6.07 Å². The third-order valence-corrected chi connectivity index (χ3v) is 8.11. The van der Waals surface area contributed by atoms with Crippen LogP contribution in [0.4, 0.5) is 0 Å². The van der Waals surface area contributed by atoms with Crippen molar-refractivity contribution in [2.24, 2.45) is 0 Å². The number of hydrogen-bond acceptors (Lipinski definition) is 7. The molecule has 0 spiro atoms. The zero-order chi connectivity index (χ0) is 26.8. The fourth-order valence-corrected chi connectivity index (χ4v) is 5.74. The number of nitrogens with zero attached hydrogens (tertiary/aromatic N) is 3. The number of rotatable bonds is 6. The number of thiazole rings is 1. The van der Waals surface area contributed by atoms with Crippen molar-refractivity contribution in [3.05, 3.63) is 91.0 Å². The molecule has 2 aromatic carbocycles. The van der Waals surface area contributed by atoms with Crippen LogP contribution in [0.2, 0.25) is 10.0 Å². The molecule has 0 radical (unpaired) electrons. The zero-order valence-electron chi connectivity index (χ0n) is 20.3. The summed E-state index contributed by atoms with van der Waals surface area (Å²) in [6.07, 6.45) is 4.25. The fraction of sp³-hybridized carbons (Fsp3) is 0.207. The standard InChI is InChI=1S/C29H21Cl2N3O3S/c1-16-15-38-28(33-16)21(13-32)25(35)14-37-29(36)26-19-6-2-3-8-24(19)34-27-18(5-4-7-20(26)27)11-17-9-10-22(30)23(31)12-17/h2-3,6,8-12,15,21H,4-5,7,14H2,1H3/b18-11-. The second-order valence-corrected chi connectivity index (χ2v) is 10.7. The van der Waals surface area contributed by atoms with E-state index in [0.717, 1.165) is 40.9 Å². The summed E-state index contributed by atoms with van der Waals surface area (Å²) in [6.45, 7) is 1.27. The van der Waals surface area contributed by atoms with Crippen LogP contribution in [-0.2, 0) is 16.0 Å². The third-order valence-electron chi connectivity index (χ3n) is 6.34. The molecule has 0 aliphatic heterocycles. The van der Waals surface area contributed by atoms with E-state index in [4.69, 9.17) is 32.9 Å². The number of halogens is 2. The van der Waals surface area contributed by atoms with Gasteiger partial charge in [0.05, 0.1) is 32.9 Å². The molecule has 9 heteroatoms. The van der Waals surface area contributed by atoms with Gasteiger partial charge in [0.15, 0.2) is 18.3 Å². The molecule has 1 atom stereocenters. The van der Waals surface area contributed by atoms with Crippen molar-refractivity contribution in [2.75, 3.05) is 6.61 Å². The Labute approximate surface area is 233 Å². The van der Waals surface area contributed by atoms with Gasteiger partial charge < -0.3 is 4.74 Å². The predicted molar refractivity (Wildman–Crippen MR) is 150 cm³/mol. The number of allylic oxidation sites excluding steroid dienone is 1. The first-order valence-electron chi connectivity index (χ1n) is 11.9. The Balaban J connectivity index is 1.50. The van der Waals surface area contributed by atoms with Gasteiger partial charge in [-0.05, 0) is 67.2 Å². The van der Waals surface area contributed by atoms with E-state index in [1.54, 1.807) is 24.4 Å². The SMILES string of the molecule is Cc1csc(C(C#N)C(=O)COC(=O)c2c3c(nc4ccccc24)/C(=C\c2ccc(Cl)c(Cl)c2)CCC3)n1. The number of aromatic nitrogens is 2. The monoisotopic (exact) mass is 561 g/mol. The lowest BCUT2D eigenvalue weighted by atomic mass is 9.86. The number of ketones is 1. The van der Waals surface area contributed by atoms with Gasteiger partial charge >= 0.3 is 5.97 Å². The maximum Gasteiger partial charge on any atom is 0.339 e. The number of pyridine rings is 1. The van der Waals surface area contributed by atoms with E-state index in [0.29, 0.717) is 37.9 Å². The lowest BCUT2D eigenvalue weighted by Gasteiger charge is -2.22. The molecule has 2 heterocycles. The molecule has 5 rings (SSSR count). The molecule has 1 aliphatic rings. The maximum atomic E-state index is 13.5. The number of hydrogen-bond donors (Lipinski definition) is 0. The van der Waals surface area contributed by atoms with E-state index in [2.05, 4.69) is 4.98 Å². The van der Waals surface area contributed by atoms with Crippen molar-refractivity contribution < 1.29 is 14.3 Å². The van der Waals surface area contributed by atoms with Crippen LogP contribution >= 0.6 is 34.5 Å². The van der Waals surface area contributed by atoms with Gasteiger partial charge in [-0.25, -0.2) is 14.8 Å². The molecule has 0 saturated heterocycles. The number of ether oxygens (including phenoxy) is 1. The highest BCUT2D eigenvalue weighted by molar-refractivity contribution is 7.09. The fourth-order valence-electron chi connectivity index (χ4n) is 4.57. The summed E-state index contributed by atoms with van der Waals surface area (Å²) >= 11 is 13.5. The lowest BCUT2D eigenvalue weighted by Crippen LogP contribution is -2.21. The van der Waals surface area contributed by atoms with Crippen molar-refractivity contribution in [3.63, 3.8) is 0 Å². The Morgan fingerprint density at radius 2 is 1.97 bits per heavy atom. The van der Waals surface area contributed by atoms with Crippen LogP contribution in [0.15, 0.2) is 47.8 Å². The van der Waals surface area contributed by atoms with E-state index in [9.17, 15) is 14.9 Å². The number of aryl methyl sites for hydroxylation is 1. The Bertz CT molecular complexity index is 1650. The second kappa shape index (κ2) is 11.0. The molecular formula is C29H21Cl2N3O3S. The van der Waals surface area contributed by atoms with Crippen LogP contribution in [0.5, 0.6) is 0 Å². The summed E-state index contributed by atoms with van der Waals surface area (Å²) in [5.41, 5.74) is 5.15. The minimum atomic E-state index is -1.08. The summed E-state index contributed by atoms with van der Waals surface area (Å²) < 4.78 is 5.52. The van der Waals surface area contributed by atoms with Gasteiger partial charge in [-0.15, -0.1) is 11.3 Å². The molecule has 2 aromatic heterocycles. The molecule has 0 amide bonds. The van der Waals surface area contributed by atoms with Crippen molar-refractivity contribution in [2.45, 2.75) is 32.1 Å². The van der Waals surface area contributed by atoms with Gasteiger partial charge in [0, 0.05) is 16.5 Å². The minimum Gasteiger partial charge on any atom is -0.454 e. The number of Topliss-reactive ketones (excluding diaryl/α,β-unsaturated/α-hetero) is 1. The van der Waals surface area contributed by atoms with Gasteiger partial charge in [0.2, 0.25) is 0 Å².